The number of sulfonamides is 1. The van der Waals surface area contributed by atoms with E-state index in [0.29, 0.717) is 16.6 Å². The van der Waals surface area contributed by atoms with Crippen LogP contribution < -0.4 is 14.9 Å². The summed E-state index contributed by atoms with van der Waals surface area (Å²) in [7, 11) is -3.79. The number of amides is 2. The fourth-order valence-corrected chi connectivity index (χ4v) is 5.41. The van der Waals surface area contributed by atoms with Gasteiger partial charge in [0.25, 0.3) is 15.9 Å². The van der Waals surface area contributed by atoms with Gasteiger partial charge in [-0.3, -0.25) is 13.9 Å². The SMILES string of the molecule is CCC(C)NC(=O)c1cccc(CNC(=O)CN2c3cccc4cccc(c34)S2(=O)=O)c1. The van der Waals surface area contributed by atoms with Crippen LogP contribution in [-0.4, -0.2) is 32.8 Å². The van der Waals surface area contributed by atoms with Gasteiger partial charge in [-0.1, -0.05) is 43.3 Å². The van der Waals surface area contributed by atoms with Gasteiger partial charge in [-0.05, 0) is 48.6 Å². The van der Waals surface area contributed by atoms with E-state index >= 15 is 0 Å². The van der Waals surface area contributed by atoms with Crippen LogP contribution in [0, 0.1) is 0 Å². The summed E-state index contributed by atoms with van der Waals surface area (Å²) < 4.78 is 27.2. The lowest BCUT2D eigenvalue weighted by atomic mass is 10.1. The van der Waals surface area contributed by atoms with Crippen molar-refractivity contribution >= 4 is 38.3 Å². The summed E-state index contributed by atoms with van der Waals surface area (Å²) in [6.45, 7) is 3.81. The maximum atomic E-state index is 13.0. The Morgan fingerprint density at radius 2 is 1.75 bits per heavy atom. The summed E-state index contributed by atoms with van der Waals surface area (Å²) in [6.07, 6.45) is 0.832. The van der Waals surface area contributed by atoms with Crippen LogP contribution in [0.15, 0.2) is 65.6 Å². The minimum Gasteiger partial charge on any atom is -0.350 e. The first-order valence-electron chi connectivity index (χ1n) is 10.5. The third kappa shape index (κ3) is 4.05. The number of hydrogen-bond donors (Lipinski definition) is 2. The number of carbonyl (C=O) groups is 2. The molecule has 0 spiro atoms. The molecule has 0 saturated carbocycles. The first-order valence-corrected chi connectivity index (χ1v) is 12.0. The van der Waals surface area contributed by atoms with E-state index in [1.54, 1.807) is 42.5 Å². The molecule has 1 heterocycles. The lowest BCUT2D eigenvalue weighted by Gasteiger charge is -2.18. The normalized spacial score (nSPS) is 14.9. The zero-order chi connectivity index (χ0) is 22.9. The molecule has 1 aliphatic rings. The zero-order valence-electron chi connectivity index (χ0n) is 18.0. The molecule has 3 aromatic carbocycles. The second-order valence-corrected chi connectivity index (χ2v) is 9.73. The van der Waals surface area contributed by atoms with Gasteiger partial charge < -0.3 is 10.6 Å². The molecule has 0 aromatic heterocycles. The Kier molecular flexibility index (Phi) is 5.88. The molecule has 7 nitrogen and oxygen atoms in total. The van der Waals surface area contributed by atoms with Crippen LogP contribution in [0.1, 0.15) is 36.2 Å². The average molecular weight is 452 g/mol. The fraction of sp³-hybridized carbons (Fsp3) is 0.250. The number of hydrogen-bond acceptors (Lipinski definition) is 4. The van der Waals surface area contributed by atoms with Crippen LogP contribution >= 0.6 is 0 Å². The fourth-order valence-electron chi connectivity index (χ4n) is 3.75. The Morgan fingerprint density at radius 1 is 1.03 bits per heavy atom. The van der Waals surface area contributed by atoms with E-state index in [9.17, 15) is 18.0 Å². The van der Waals surface area contributed by atoms with Gasteiger partial charge >= 0.3 is 0 Å². The average Bonchev–Trinajstić information content (AvgIpc) is 3.01. The van der Waals surface area contributed by atoms with Crippen LogP contribution in [0.5, 0.6) is 0 Å². The van der Waals surface area contributed by atoms with Gasteiger partial charge in [-0.2, -0.15) is 0 Å². The highest BCUT2D eigenvalue weighted by molar-refractivity contribution is 7.93. The predicted octanol–water partition coefficient (Wildman–Crippen LogP) is 3.19. The Morgan fingerprint density at radius 3 is 2.50 bits per heavy atom. The summed E-state index contributed by atoms with van der Waals surface area (Å²) in [5.41, 5.74) is 1.78. The van der Waals surface area contributed by atoms with Crippen LogP contribution in [0.2, 0.25) is 0 Å². The van der Waals surface area contributed by atoms with Crippen LogP contribution in [0.4, 0.5) is 5.69 Å². The number of benzene rings is 3. The van der Waals surface area contributed by atoms with E-state index in [4.69, 9.17) is 0 Å². The summed E-state index contributed by atoms with van der Waals surface area (Å²) in [5.74, 6) is -0.589. The molecule has 8 heteroatoms. The summed E-state index contributed by atoms with van der Waals surface area (Å²) in [4.78, 5) is 25.2. The third-order valence-corrected chi connectivity index (χ3v) is 7.44. The van der Waals surface area contributed by atoms with Gasteiger partial charge in [-0.15, -0.1) is 0 Å². The first-order chi connectivity index (χ1) is 15.3. The smallest absolute Gasteiger partial charge is 0.265 e. The van der Waals surface area contributed by atoms with Crippen LogP contribution in [-0.2, 0) is 21.4 Å². The molecule has 4 rings (SSSR count). The van der Waals surface area contributed by atoms with Crippen molar-refractivity contribution in [1.29, 1.82) is 0 Å². The predicted molar refractivity (Wildman–Crippen MR) is 124 cm³/mol. The minimum absolute atomic E-state index is 0.0712. The maximum Gasteiger partial charge on any atom is 0.265 e. The van der Waals surface area contributed by atoms with Gasteiger partial charge in [0.05, 0.1) is 10.6 Å². The van der Waals surface area contributed by atoms with Crippen molar-refractivity contribution in [1.82, 2.24) is 10.6 Å². The summed E-state index contributed by atoms with van der Waals surface area (Å²) in [5, 5.41) is 7.14. The van der Waals surface area contributed by atoms with E-state index in [-0.39, 0.29) is 29.9 Å². The van der Waals surface area contributed by atoms with Gasteiger partial charge in [-0.25, -0.2) is 8.42 Å². The monoisotopic (exact) mass is 451 g/mol. The Bertz CT molecular complexity index is 1300. The second-order valence-electron chi connectivity index (χ2n) is 7.90. The largest absolute Gasteiger partial charge is 0.350 e. The number of rotatable bonds is 7. The topological polar surface area (TPSA) is 95.6 Å². The van der Waals surface area contributed by atoms with Crippen molar-refractivity contribution < 1.29 is 18.0 Å². The number of anilines is 1. The Balaban J connectivity index is 1.45. The highest BCUT2D eigenvalue weighted by Crippen LogP contribution is 2.41. The van der Waals surface area contributed by atoms with Crippen molar-refractivity contribution in [3.05, 3.63) is 71.8 Å². The van der Waals surface area contributed by atoms with Crippen LogP contribution in [0.3, 0.4) is 0 Å². The van der Waals surface area contributed by atoms with Crippen molar-refractivity contribution in [2.45, 2.75) is 37.8 Å². The molecule has 0 aliphatic carbocycles. The summed E-state index contributed by atoms with van der Waals surface area (Å²) >= 11 is 0. The van der Waals surface area contributed by atoms with Gasteiger partial charge in [0.1, 0.15) is 6.54 Å². The molecular formula is C24H25N3O4S. The van der Waals surface area contributed by atoms with Crippen molar-refractivity contribution in [2.24, 2.45) is 0 Å². The third-order valence-electron chi connectivity index (χ3n) is 5.64. The first kappa shape index (κ1) is 21.8. The molecule has 2 amide bonds. The molecule has 166 valence electrons. The molecule has 0 radical (unpaired) electrons. The quantitative estimate of drug-likeness (QED) is 0.577. The molecule has 0 fully saturated rings. The molecule has 0 saturated heterocycles. The lowest BCUT2D eigenvalue weighted by molar-refractivity contribution is -0.119. The molecule has 0 bridgehead atoms. The Hall–Kier alpha value is -3.39. The lowest BCUT2D eigenvalue weighted by Crippen LogP contribution is -2.38. The molecule has 1 atom stereocenters. The Labute approximate surface area is 187 Å². The molecule has 1 unspecified atom stereocenters. The van der Waals surface area contributed by atoms with Crippen LogP contribution in [0.25, 0.3) is 10.8 Å². The maximum absolute atomic E-state index is 13.0. The highest BCUT2D eigenvalue weighted by atomic mass is 32.2. The van der Waals surface area contributed by atoms with Gasteiger partial charge in [0.15, 0.2) is 0 Å². The van der Waals surface area contributed by atoms with Crippen molar-refractivity contribution in [2.75, 3.05) is 10.8 Å². The van der Waals surface area contributed by atoms with Crippen molar-refractivity contribution in [3.8, 4) is 0 Å². The number of nitrogens with one attached hydrogen (secondary N) is 2. The molecule has 32 heavy (non-hydrogen) atoms. The minimum atomic E-state index is -3.79. The van der Waals surface area contributed by atoms with Gasteiger partial charge in [0.2, 0.25) is 5.91 Å². The van der Waals surface area contributed by atoms with Gasteiger partial charge in [0, 0.05) is 23.5 Å². The van der Waals surface area contributed by atoms with E-state index in [1.165, 1.54) is 0 Å². The summed E-state index contributed by atoms with van der Waals surface area (Å²) in [6, 6.07) is 17.5. The standard InChI is InChI=1S/C24H25N3O4S/c1-3-16(2)26-24(29)19-10-4-7-17(13-19)14-25-22(28)15-27-20-11-5-8-18-9-6-12-21(23(18)20)32(27,30)31/h4-13,16H,3,14-15H2,1-2H3,(H,25,28)(H,26,29). The number of carbonyl (C=O) groups excluding carboxylic acids is 2. The highest BCUT2D eigenvalue weighted by Gasteiger charge is 2.36. The second kappa shape index (κ2) is 8.63. The molecule has 2 N–H and O–H groups in total. The van der Waals surface area contributed by atoms with E-state index in [0.717, 1.165) is 21.7 Å². The molecular weight excluding hydrogens is 426 g/mol. The molecule has 3 aromatic rings. The number of nitrogens with zero attached hydrogens (tertiary/aromatic N) is 1. The van der Waals surface area contributed by atoms with E-state index < -0.39 is 15.9 Å². The zero-order valence-corrected chi connectivity index (χ0v) is 18.8. The molecule has 1 aliphatic heterocycles. The van der Waals surface area contributed by atoms with E-state index in [2.05, 4.69) is 10.6 Å². The van der Waals surface area contributed by atoms with Crippen molar-refractivity contribution in [3.63, 3.8) is 0 Å². The van der Waals surface area contributed by atoms with E-state index in [1.807, 2.05) is 32.0 Å².